The summed E-state index contributed by atoms with van der Waals surface area (Å²) >= 11 is 0. The Bertz CT molecular complexity index is 273. The quantitative estimate of drug-likeness (QED) is 0.567. The van der Waals surface area contributed by atoms with E-state index in [1.165, 1.54) is 12.7 Å². The topological polar surface area (TPSA) is 37.1 Å². The van der Waals surface area contributed by atoms with Crippen molar-refractivity contribution >= 4 is 18.5 Å². The predicted molar refractivity (Wildman–Crippen MR) is 52.0 cm³/mol. The maximum atomic E-state index is 4.10. The molecule has 12 heavy (non-hydrogen) atoms. The summed E-state index contributed by atoms with van der Waals surface area (Å²) in [6.45, 7) is 6.47. The zero-order valence-corrected chi connectivity index (χ0v) is 7.70. The predicted octanol–water partition coefficient (Wildman–Crippen LogP) is 2.05. The summed E-state index contributed by atoms with van der Waals surface area (Å²) in [7, 11) is 0. The molecule has 1 heterocycles. The van der Waals surface area contributed by atoms with E-state index in [2.05, 4.69) is 41.6 Å². The Hall–Kier alpha value is -1.21. The lowest BCUT2D eigenvalue weighted by Crippen LogP contribution is -2.05. The lowest BCUT2D eigenvalue weighted by molar-refractivity contribution is 0.410. The van der Waals surface area contributed by atoms with Crippen molar-refractivity contribution in [3.63, 3.8) is 0 Å². The number of hydrogen-bond acceptors (Lipinski definition) is 3. The Morgan fingerprint density at radius 3 is 2.75 bits per heavy atom. The third-order valence-electron chi connectivity index (χ3n) is 1.30. The van der Waals surface area contributed by atoms with E-state index >= 15 is 0 Å². The molecule has 0 spiro atoms. The van der Waals surface area contributed by atoms with E-state index < -0.39 is 0 Å². The van der Waals surface area contributed by atoms with Gasteiger partial charge in [-0.3, -0.25) is 0 Å². The molecule has 0 aromatic carbocycles. The molecule has 0 aromatic rings. The van der Waals surface area contributed by atoms with E-state index in [4.69, 9.17) is 0 Å². The third-order valence-corrected chi connectivity index (χ3v) is 1.30. The van der Waals surface area contributed by atoms with Crippen molar-refractivity contribution in [2.75, 3.05) is 0 Å². The highest BCUT2D eigenvalue weighted by molar-refractivity contribution is 5.81. The Morgan fingerprint density at radius 1 is 1.33 bits per heavy atom. The summed E-state index contributed by atoms with van der Waals surface area (Å²) in [6, 6.07) is 0. The van der Waals surface area contributed by atoms with Gasteiger partial charge in [0.05, 0.1) is 0 Å². The first kappa shape index (κ1) is 8.88. The second-order valence-electron chi connectivity index (χ2n) is 3.93. The van der Waals surface area contributed by atoms with Crippen LogP contribution in [-0.2, 0) is 0 Å². The van der Waals surface area contributed by atoms with Crippen molar-refractivity contribution in [2.24, 2.45) is 20.4 Å². The van der Waals surface area contributed by atoms with E-state index in [-0.39, 0.29) is 5.41 Å². The first-order valence-electron chi connectivity index (χ1n) is 3.94. The number of rotatable bonds is 1. The van der Waals surface area contributed by atoms with E-state index in [0.717, 1.165) is 12.1 Å². The minimum atomic E-state index is 0.222. The average Bonchev–Trinajstić information content (AvgIpc) is 2.12. The smallest absolute Gasteiger partial charge is 0.127 e. The molecule has 0 amide bonds. The van der Waals surface area contributed by atoms with Gasteiger partial charge in [-0.15, -0.1) is 0 Å². The number of allylic oxidation sites excluding steroid dienone is 1. The fourth-order valence-corrected chi connectivity index (χ4v) is 0.886. The molecule has 1 aliphatic heterocycles. The van der Waals surface area contributed by atoms with Crippen LogP contribution in [0.4, 0.5) is 0 Å². The minimum absolute atomic E-state index is 0.222. The molecule has 1 rings (SSSR count). The first-order chi connectivity index (χ1) is 5.58. The zero-order valence-electron chi connectivity index (χ0n) is 7.70. The fourth-order valence-electron chi connectivity index (χ4n) is 0.886. The zero-order chi connectivity index (χ0) is 9.03. The number of nitrogens with zero attached hydrogens (tertiary/aromatic N) is 3. The monoisotopic (exact) mass is 163 g/mol. The summed E-state index contributed by atoms with van der Waals surface area (Å²) in [5.74, 6) is 2.83. The molecule has 0 saturated heterocycles. The Morgan fingerprint density at radius 2 is 2.08 bits per heavy atom. The molecule has 0 atom stereocenters. The molecule has 0 aliphatic carbocycles. The van der Waals surface area contributed by atoms with Gasteiger partial charge in [0.2, 0.25) is 0 Å². The fraction of sp³-hybridized carbons (Fsp3) is 0.556. The van der Waals surface area contributed by atoms with Gasteiger partial charge in [-0.05, 0) is 5.41 Å². The van der Waals surface area contributed by atoms with Gasteiger partial charge in [0.1, 0.15) is 18.4 Å². The minimum Gasteiger partial charge on any atom is -0.231 e. The Kier molecular flexibility index (Phi) is 2.56. The Labute approximate surface area is 72.6 Å². The largest absolute Gasteiger partial charge is 0.231 e. The SMILES string of the molecule is CC(C)(C)CC1=C=NC=NC=N1. The van der Waals surface area contributed by atoms with Crippen LogP contribution in [0.3, 0.4) is 0 Å². The van der Waals surface area contributed by atoms with Gasteiger partial charge in [0.15, 0.2) is 0 Å². The van der Waals surface area contributed by atoms with Crippen LogP contribution in [0.5, 0.6) is 0 Å². The van der Waals surface area contributed by atoms with Crippen LogP contribution in [0.15, 0.2) is 20.7 Å². The van der Waals surface area contributed by atoms with Gasteiger partial charge in [-0.25, -0.2) is 9.98 Å². The number of aliphatic imine (C=N–C) groups is 3. The molecule has 0 bridgehead atoms. The molecule has 0 fully saturated rings. The molecule has 0 saturated carbocycles. The molecule has 3 heteroatoms. The van der Waals surface area contributed by atoms with Crippen molar-refractivity contribution in [3.05, 3.63) is 5.70 Å². The van der Waals surface area contributed by atoms with Crippen LogP contribution < -0.4 is 0 Å². The van der Waals surface area contributed by atoms with Gasteiger partial charge in [-0.2, -0.15) is 4.99 Å². The molecule has 1 aliphatic rings. The van der Waals surface area contributed by atoms with Crippen LogP contribution in [0.1, 0.15) is 27.2 Å². The lowest BCUT2D eigenvalue weighted by atomic mass is 9.91. The van der Waals surface area contributed by atoms with Gasteiger partial charge >= 0.3 is 0 Å². The standard InChI is InChI=1S/C9H13N3/c1-9(2,3)4-8-5-10-6-11-7-12-8/h6-7H,4H2,1-3H3. The summed E-state index contributed by atoms with van der Waals surface area (Å²) in [5, 5.41) is 0. The second kappa shape index (κ2) is 3.46. The maximum Gasteiger partial charge on any atom is 0.127 e. The molecule has 3 nitrogen and oxygen atoms in total. The van der Waals surface area contributed by atoms with E-state index in [0.29, 0.717) is 0 Å². The number of hydrogen-bond donors (Lipinski definition) is 0. The molecular formula is C9H13N3. The van der Waals surface area contributed by atoms with Crippen molar-refractivity contribution < 1.29 is 0 Å². The van der Waals surface area contributed by atoms with Crippen molar-refractivity contribution in [1.82, 2.24) is 0 Å². The molecule has 0 aromatic heterocycles. The van der Waals surface area contributed by atoms with Gasteiger partial charge in [-0.1, -0.05) is 20.8 Å². The van der Waals surface area contributed by atoms with Gasteiger partial charge < -0.3 is 0 Å². The maximum absolute atomic E-state index is 4.10. The highest BCUT2D eigenvalue weighted by atomic mass is 14.9. The van der Waals surface area contributed by atoms with Crippen molar-refractivity contribution in [2.45, 2.75) is 27.2 Å². The van der Waals surface area contributed by atoms with Crippen molar-refractivity contribution in [1.29, 1.82) is 0 Å². The lowest BCUT2D eigenvalue weighted by Gasteiger charge is -2.16. The molecule has 0 unspecified atom stereocenters. The summed E-state index contributed by atoms with van der Waals surface area (Å²) in [6.07, 6.45) is 3.82. The van der Waals surface area contributed by atoms with Crippen LogP contribution >= 0.6 is 0 Å². The van der Waals surface area contributed by atoms with Gasteiger partial charge in [0.25, 0.3) is 0 Å². The van der Waals surface area contributed by atoms with Crippen LogP contribution in [-0.4, -0.2) is 18.5 Å². The Balaban J connectivity index is 2.72. The normalized spacial score (nSPS) is 16.1. The summed E-state index contributed by atoms with van der Waals surface area (Å²) in [4.78, 5) is 11.7. The molecule has 64 valence electrons. The molecule has 0 N–H and O–H groups in total. The molecular weight excluding hydrogens is 150 g/mol. The average molecular weight is 163 g/mol. The van der Waals surface area contributed by atoms with E-state index in [1.54, 1.807) is 0 Å². The van der Waals surface area contributed by atoms with Gasteiger partial charge in [0, 0.05) is 12.3 Å². The molecule has 0 radical (unpaired) electrons. The third kappa shape index (κ3) is 3.26. The van der Waals surface area contributed by atoms with E-state index in [1.807, 2.05) is 0 Å². The first-order valence-corrected chi connectivity index (χ1v) is 3.94. The van der Waals surface area contributed by atoms with Crippen LogP contribution in [0.2, 0.25) is 0 Å². The summed E-state index contributed by atoms with van der Waals surface area (Å²) in [5.41, 5.74) is 1.08. The highest BCUT2D eigenvalue weighted by Gasteiger charge is 2.12. The second-order valence-corrected chi connectivity index (χ2v) is 3.93. The highest BCUT2D eigenvalue weighted by Crippen LogP contribution is 2.23. The van der Waals surface area contributed by atoms with Crippen LogP contribution in [0.25, 0.3) is 0 Å². The van der Waals surface area contributed by atoms with Crippen LogP contribution in [0, 0.1) is 5.41 Å². The van der Waals surface area contributed by atoms with Crippen molar-refractivity contribution in [3.8, 4) is 0 Å². The summed E-state index contributed by atoms with van der Waals surface area (Å²) < 4.78 is 0. The van der Waals surface area contributed by atoms with E-state index in [9.17, 15) is 0 Å².